The zero-order valence-electron chi connectivity index (χ0n) is 11.2. The molecule has 1 fully saturated rings. The number of aryl methyl sites for hydroxylation is 1. The van der Waals surface area contributed by atoms with Gasteiger partial charge < -0.3 is 0 Å². The Morgan fingerprint density at radius 1 is 1.12 bits per heavy atom. The van der Waals surface area contributed by atoms with Crippen LogP contribution in [0.15, 0.2) is 18.2 Å². The van der Waals surface area contributed by atoms with Crippen LogP contribution < -0.4 is 0 Å². The number of hydrogen-bond donors (Lipinski definition) is 0. The summed E-state index contributed by atoms with van der Waals surface area (Å²) < 4.78 is 13.9. The van der Waals surface area contributed by atoms with Crippen molar-refractivity contribution in [1.82, 2.24) is 0 Å². The highest BCUT2D eigenvalue weighted by atomic mass is 19.1. The summed E-state index contributed by atoms with van der Waals surface area (Å²) >= 11 is 0. The van der Waals surface area contributed by atoms with Gasteiger partial charge in [0.25, 0.3) is 0 Å². The summed E-state index contributed by atoms with van der Waals surface area (Å²) in [5, 5.41) is 0. The summed E-state index contributed by atoms with van der Waals surface area (Å²) in [5.41, 5.74) is 2.10. The maximum Gasteiger partial charge on any atom is 0.126 e. The number of halogens is 1. The van der Waals surface area contributed by atoms with Gasteiger partial charge in [-0.1, -0.05) is 26.0 Å². The molecule has 1 saturated carbocycles. The summed E-state index contributed by atoms with van der Waals surface area (Å²) in [6, 6.07) is 5.46. The molecule has 0 aliphatic heterocycles. The summed E-state index contributed by atoms with van der Waals surface area (Å²) in [6.07, 6.45) is 4.83. The maximum atomic E-state index is 13.9. The fraction of sp³-hybridized carbons (Fsp3) is 0.625. The second kappa shape index (κ2) is 5.20. The van der Waals surface area contributed by atoms with Crippen LogP contribution >= 0.6 is 0 Å². The fourth-order valence-corrected chi connectivity index (χ4v) is 3.24. The Bertz CT molecular complexity index is 353. The van der Waals surface area contributed by atoms with E-state index in [-0.39, 0.29) is 5.82 Å². The van der Waals surface area contributed by atoms with Gasteiger partial charge >= 0.3 is 0 Å². The van der Waals surface area contributed by atoms with Gasteiger partial charge in [-0.15, -0.1) is 0 Å². The first-order chi connectivity index (χ1) is 8.09. The predicted molar refractivity (Wildman–Crippen MR) is 70.7 cm³/mol. The van der Waals surface area contributed by atoms with Crippen LogP contribution in [0, 0.1) is 24.6 Å². The van der Waals surface area contributed by atoms with Gasteiger partial charge in [-0.3, -0.25) is 0 Å². The molecule has 0 N–H and O–H groups in total. The third-order valence-electron chi connectivity index (χ3n) is 4.39. The molecule has 1 aliphatic carbocycles. The molecule has 2 rings (SSSR count). The Morgan fingerprint density at radius 2 is 1.76 bits per heavy atom. The minimum Gasteiger partial charge on any atom is -0.207 e. The monoisotopic (exact) mass is 234 g/mol. The molecule has 0 nitrogen and oxygen atoms in total. The van der Waals surface area contributed by atoms with Crippen molar-refractivity contribution in [3.05, 3.63) is 35.1 Å². The largest absolute Gasteiger partial charge is 0.207 e. The van der Waals surface area contributed by atoms with Crippen LogP contribution in [-0.2, 0) is 0 Å². The van der Waals surface area contributed by atoms with Gasteiger partial charge in [0, 0.05) is 0 Å². The van der Waals surface area contributed by atoms with Gasteiger partial charge in [-0.05, 0) is 67.6 Å². The van der Waals surface area contributed by atoms with Gasteiger partial charge in [-0.25, -0.2) is 4.39 Å². The van der Waals surface area contributed by atoms with E-state index in [1.165, 1.54) is 12.8 Å². The van der Waals surface area contributed by atoms with E-state index in [2.05, 4.69) is 13.8 Å². The molecule has 0 amide bonds. The van der Waals surface area contributed by atoms with Crippen LogP contribution in [0.25, 0.3) is 0 Å². The molecule has 1 aromatic rings. The summed E-state index contributed by atoms with van der Waals surface area (Å²) in [5.74, 6) is 2.07. The first kappa shape index (κ1) is 12.6. The van der Waals surface area contributed by atoms with Gasteiger partial charge in [0.2, 0.25) is 0 Å². The van der Waals surface area contributed by atoms with Crippen LogP contribution in [0.4, 0.5) is 4.39 Å². The maximum absolute atomic E-state index is 13.9. The first-order valence-corrected chi connectivity index (χ1v) is 6.84. The Morgan fingerprint density at radius 3 is 2.29 bits per heavy atom. The fourth-order valence-electron chi connectivity index (χ4n) is 3.24. The number of hydrogen-bond acceptors (Lipinski definition) is 0. The predicted octanol–water partition coefficient (Wildman–Crippen LogP) is 5.06. The highest BCUT2D eigenvalue weighted by molar-refractivity contribution is 5.31. The van der Waals surface area contributed by atoms with Crippen LogP contribution in [-0.4, -0.2) is 0 Å². The third-order valence-corrected chi connectivity index (χ3v) is 4.39. The molecule has 1 heteroatoms. The smallest absolute Gasteiger partial charge is 0.126 e. The highest BCUT2D eigenvalue weighted by Gasteiger charge is 2.26. The van der Waals surface area contributed by atoms with Crippen molar-refractivity contribution in [1.29, 1.82) is 0 Å². The van der Waals surface area contributed by atoms with Crippen LogP contribution in [0.2, 0.25) is 0 Å². The molecule has 0 radical (unpaired) electrons. The standard InChI is InChI=1S/C16H23F/c1-11(2)13-7-9-14(10-8-13)16-12(3)5-4-6-15(16)17/h4-6,11,13-14H,7-10H2,1-3H3. The topological polar surface area (TPSA) is 0 Å². The average Bonchev–Trinajstić information content (AvgIpc) is 2.29. The molecule has 0 saturated heterocycles. The molecule has 17 heavy (non-hydrogen) atoms. The lowest BCUT2D eigenvalue weighted by molar-refractivity contribution is 0.256. The Kier molecular flexibility index (Phi) is 3.86. The molecule has 0 spiro atoms. The normalized spacial score (nSPS) is 25.2. The average molecular weight is 234 g/mol. The van der Waals surface area contributed by atoms with Crippen molar-refractivity contribution in [2.45, 2.75) is 52.4 Å². The van der Waals surface area contributed by atoms with Gasteiger partial charge in [0.1, 0.15) is 5.82 Å². The number of benzene rings is 1. The van der Waals surface area contributed by atoms with Crippen LogP contribution in [0.3, 0.4) is 0 Å². The quantitative estimate of drug-likeness (QED) is 0.670. The minimum absolute atomic E-state index is 0.00185. The summed E-state index contributed by atoms with van der Waals surface area (Å²) in [6.45, 7) is 6.64. The van der Waals surface area contributed by atoms with Crippen molar-refractivity contribution in [2.24, 2.45) is 11.8 Å². The van der Waals surface area contributed by atoms with Gasteiger partial charge in [0.15, 0.2) is 0 Å². The van der Waals surface area contributed by atoms with E-state index in [4.69, 9.17) is 0 Å². The molecular formula is C16H23F. The lowest BCUT2D eigenvalue weighted by Crippen LogP contribution is -2.18. The van der Waals surface area contributed by atoms with E-state index in [1.54, 1.807) is 6.07 Å². The summed E-state index contributed by atoms with van der Waals surface area (Å²) in [4.78, 5) is 0. The molecule has 0 aromatic heterocycles. The van der Waals surface area contributed by atoms with E-state index in [1.807, 2.05) is 19.1 Å². The third kappa shape index (κ3) is 2.70. The van der Waals surface area contributed by atoms with Gasteiger partial charge in [-0.2, -0.15) is 0 Å². The molecule has 1 aromatic carbocycles. The van der Waals surface area contributed by atoms with Crippen LogP contribution in [0.1, 0.15) is 56.6 Å². The Labute approximate surface area is 104 Å². The Hall–Kier alpha value is -0.850. The second-order valence-electron chi connectivity index (χ2n) is 5.83. The van der Waals surface area contributed by atoms with E-state index in [0.717, 1.165) is 35.8 Å². The SMILES string of the molecule is Cc1cccc(F)c1C1CCC(C(C)C)CC1. The first-order valence-electron chi connectivity index (χ1n) is 6.84. The van der Waals surface area contributed by atoms with E-state index in [9.17, 15) is 4.39 Å². The molecule has 1 aliphatic rings. The molecular weight excluding hydrogens is 211 g/mol. The molecule has 0 bridgehead atoms. The molecule has 0 atom stereocenters. The van der Waals surface area contributed by atoms with Crippen molar-refractivity contribution < 1.29 is 4.39 Å². The van der Waals surface area contributed by atoms with E-state index in [0.29, 0.717) is 5.92 Å². The molecule has 94 valence electrons. The van der Waals surface area contributed by atoms with Gasteiger partial charge in [0.05, 0.1) is 0 Å². The van der Waals surface area contributed by atoms with Crippen molar-refractivity contribution in [3.8, 4) is 0 Å². The lowest BCUT2D eigenvalue weighted by Gasteiger charge is -2.31. The second-order valence-corrected chi connectivity index (χ2v) is 5.83. The highest BCUT2D eigenvalue weighted by Crippen LogP contribution is 2.40. The summed E-state index contributed by atoms with van der Waals surface area (Å²) in [7, 11) is 0. The van der Waals surface area contributed by atoms with Crippen LogP contribution in [0.5, 0.6) is 0 Å². The van der Waals surface area contributed by atoms with Crippen molar-refractivity contribution in [3.63, 3.8) is 0 Å². The van der Waals surface area contributed by atoms with E-state index < -0.39 is 0 Å². The Balaban J connectivity index is 2.11. The zero-order chi connectivity index (χ0) is 12.4. The number of rotatable bonds is 2. The molecule has 0 heterocycles. The van der Waals surface area contributed by atoms with Crippen molar-refractivity contribution >= 4 is 0 Å². The zero-order valence-corrected chi connectivity index (χ0v) is 11.2. The van der Waals surface area contributed by atoms with E-state index >= 15 is 0 Å². The lowest BCUT2D eigenvalue weighted by atomic mass is 9.74. The van der Waals surface area contributed by atoms with Crippen molar-refractivity contribution in [2.75, 3.05) is 0 Å². The molecule has 0 unspecified atom stereocenters. The minimum atomic E-state index is -0.00185.